The van der Waals surface area contributed by atoms with Gasteiger partial charge in [0.2, 0.25) is 5.91 Å². The van der Waals surface area contributed by atoms with Crippen LogP contribution in [-0.2, 0) is 15.1 Å². The van der Waals surface area contributed by atoms with Gasteiger partial charge in [-0.1, -0.05) is 30.3 Å². The first-order valence-corrected chi connectivity index (χ1v) is 8.03. The summed E-state index contributed by atoms with van der Waals surface area (Å²) in [6.07, 6.45) is 2.04. The molecule has 1 aliphatic rings. The van der Waals surface area contributed by atoms with Crippen LogP contribution in [0.25, 0.3) is 0 Å². The normalized spacial score (nSPS) is 17.1. The molecule has 0 aromatic heterocycles. The molecule has 0 spiro atoms. The zero-order valence-electron chi connectivity index (χ0n) is 14.2. The van der Waals surface area contributed by atoms with E-state index in [9.17, 15) is 4.79 Å². The lowest BCUT2D eigenvalue weighted by Crippen LogP contribution is -2.49. The van der Waals surface area contributed by atoms with Crippen molar-refractivity contribution in [2.75, 3.05) is 39.4 Å². The number of morpholine rings is 1. The van der Waals surface area contributed by atoms with Crippen LogP contribution in [0.4, 0.5) is 0 Å². The molecule has 0 radical (unpaired) electrons. The van der Waals surface area contributed by atoms with Gasteiger partial charge < -0.3 is 15.8 Å². The standard InChI is InChI=1S/C17H27N3O2.2ClH/c1-17(18,15-7-3-2-4-8-15)16(21)19-9-5-6-10-20-11-13-22-14-12-20;;/h2-4,7-8H,5-6,9-14,18H2,1H3,(H,19,21);2*1H. The van der Waals surface area contributed by atoms with Crippen molar-refractivity contribution < 1.29 is 9.53 Å². The van der Waals surface area contributed by atoms with Gasteiger partial charge in [-0.3, -0.25) is 9.69 Å². The maximum Gasteiger partial charge on any atom is 0.244 e. The summed E-state index contributed by atoms with van der Waals surface area (Å²) >= 11 is 0. The number of benzene rings is 1. The fraction of sp³-hybridized carbons (Fsp3) is 0.588. The quantitative estimate of drug-likeness (QED) is 0.712. The summed E-state index contributed by atoms with van der Waals surface area (Å²) in [5.41, 5.74) is 6.03. The van der Waals surface area contributed by atoms with Crippen LogP contribution in [0, 0.1) is 0 Å². The second-order valence-corrected chi connectivity index (χ2v) is 5.99. The van der Waals surface area contributed by atoms with Crippen molar-refractivity contribution in [1.29, 1.82) is 0 Å². The highest BCUT2D eigenvalue weighted by atomic mass is 35.5. The first kappa shape index (κ1) is 23.1. The van der Waals surface area contributed by atoms with Gasteiger partial charge in [-0.05, 0) is 31.9 Å². The third-order valence-corrected chi connectivity index (χ3v) is 4.14. The van der Waals surface area contributed by atoms with Gasteiger partial charge in [0.15, 0.2) is 0 Å². The Balaban J connectivity index is 0.00000264. The fourth-order valence-electron chi connectivity index (χ4n) is 2.59. The van der Waals surface area contributed by atoms with Crippen LogP contribution in [0.3, 0.4) is 0 Å². The predicted octanol–water partition coefficient (Wildman–Crippen LogP) is 1.93. The minimum Gasteiger partial charge on any atom is -0.379 e. The average Bonchev–Trinajstić information content (AvgIpc) is 2.56. The van der Waals surface area contributed by atoms with E-state index in [1.807, 2.05) is 30.3 Å². The Morgan fingerprint density at radius 2 is 1.83 bits per heavy atom. The van der Waals surface area contributed by atoms with E-state index in [4.69, 9.17) is 10.5 Å². The molecule has 1 aliphatic heterocycles. The van der Waals surface area contributed by atoms with E-state index < -0.39 is 5.54 Å². The van der Waals surface area contributed by atoms with Crippen molar-refractivity contribution in [3.63, 3.8) is 0 Å². The lowest BCUT2D eigenvalue weighted by Gasteiger charge is -2.26. The van der Waals surface area contributed by atoms with Crippen LogP contribution in [0.5, 0.6) is 0 Å². The summed E-state index contributed by atoms with van der Waals surface area (Å²) in [7, 11) is 0. The topological polar surface area (TPSA) is 67.6 Å². The molecule has 3 N–H and O–H groups in total. The second-order valence-electron chi connectivity index (χ2n) is 5.99. The zero-order chi connectivity index (χ0) is 15.8. The van der Waals surface area contributed by atoms with Crippen molar-refractivity contribution >= 4 is 30.7 Å². The lowest BCUT2D eigenvalue weighted by molar-refractivity contribution is -0.126. The first-order chi connectivity index (χ1) is 10.6. The highest BCUT2D eigenvalue weighted by Gasteiger charge is 2.29. The second kappa shape index (κ2) is 11.7. The van der Waals surface area contributed by atoms with Gasteiger partial charge in [-0.2, -0.15) is 0 Å². The molecule has 0 saturated carbocycles. The number of nitrogens with zero attached hydrogens (tertiary/aromatic N) is 1. The van der Waals surface area contributed by atoms with Gasteiger partial charge in [0.25, 0.3) is 0 Å². The minimum absolute atomic E-state index is 0. The predicted molar refractivity (Wildman–Crippen MR) is 102 cm³/mol. The molecule has 1 fully saturated rings. The Kier molecular flexibility index (Phi) is 11.2. The van der Waals surface area contributed by atoms with Crippen LogP contribution in [0.1, 0.15) is 25.3 Å². The van der Waals surface area contributed by atoms with Gasteiger partial charge in [-0.25, -0.2) is 0 Å². The Labute approximate surface area is 157 Å². The summed E-state index contributed by atoms with van der Waals surface area (Å²) in [4.78, 5) is 14.7. The SMILES string of the molecule is CC(N)(C(=O)NCCCCN1CCOCC1)c1ccccc1.Cl.Cl. The molecule has 1 atom stereocenters. The Morgan fingerprint density at radius 1 is 1.21 bits per heavy atom. The minimum atomic E-state index is -0.981. The van der Waals surface area contributed by atoms with E-state index in [0.717, 1.165) is 51.3 Å². The molecule has 1 heterocycles. The molecule has 5 nitrogen and oxygen atoms in total. The van der Waals surface area contributed by atoms with Crippen LogP contribution in [0.2, 0.25) is 0 Å². The van der Waals surface area contributed by atoms with E-state index >= 15 is 0 Å². The summed E-state index contributed by atoms with van der Waals surface area (Å²) < 4.78 is 5.33. The van der Waals surface area contributed by atoms with Gasteiger partial charge in [0, 0.05) is 19.6 Å². The number of halogens is 2. The number of nitrogens with one attached hydrogen (secondary N) is 1. The van der Waals surface area contributed by atoms with E-state index in [1.54, 1.807) is 6.92 Å². The molecule has 0 aliphatic carbocycles. The molecule has 138 valence electrons. The third-order valence-electron chi connectivity index (χ3n) is 4.14. The largest absolute Gasteiger partial charge is 0.379 e. The number of unbranched alkanes of at least 4 members (excludes halogenated alkanes) is 1. The van der Waals surface area contributed by atoms with Crippen LogP contribution in [0.15, 0.2) is 30.3 Å². The summed E-state index contributed by atoms with van der Waals surface area (Å²) in [6.45, 7) is 7.19. The Hall–Kier alpha value is -0.850. The van der Waals surface area contributed by atoms with Crippen molar-refractivity contribution in [3.05, 3.63) is 35.9 Å². The highest BCUT2D eigenvalue weighted by Crippen LogP contribution is 2.17. The molecule has 1 unspecified atom stereocenters. The highest BCUT2D eigenvalue weighted by molar-refractivity contribution is 5.87. The number of hydrogen-bond acceptors (Lipinski definition) is 4. The summed E-state index contributed by atoms with van der Waals surface area (Å²) in [5, 5.41) is 2.95. The van der Waals surface area contributed by atoms with Crippen molar-refractivity contribution in [2.24, 2.45) is 5.73 Å². The molecule has 1 saturated heterocycles. The molecule has 1 amide bonds. The third kappa shape index (κ3) is 6.95. The van der Waals surface area contributed by atoms with Gasteiger partial charge in [-0.15, -0.1) is 24.8 Å². The number of ether oxygens (including phenoxy) is 1. The van der Waals surface area contributed by atoms with E-state index in [-0.39, 0.29) is 30.7 Å². The van der Waals surface area contributed by atoms with Gasteiger partial charge >= 0.3 is 0 Å². The van der Waals surface area contributed by atoms with Gasteiger partial charge in [0.1, 0.15) is 5.54 Å². The maximum absolute atomic E-state index is 12.3. The Bertz CT molecular complexity index is 466. The molecule has 0 bridgehead atoms. The molecular formula is C17H29Cl2N3O2. The van der Waals surface area contributed by atoms with Crippen LogP contribution in [-0.4, -0.2) is 50.2 Å². The van der Waals surface area contributed by atoms with Crippen molar-refractivity contribution in [2.45, 2.75) is 25.3 Å². The average molecular weight is 378 g/mol. The fourth-order valence-corrected chi connectivity index (χ4v) is 2.59. The smallest absolute Gasteiger partial charge is 0.244 e. The lowest BCUT2D eigenvalue weighted by atomic mass is 9.92. The molecule has 7 heteroatoms. The van der Waals surface area contributed by atoms with E-state index in [2.05, 4.69) is 10.2 Å². The Morgan fingerprint density at radius 3 is 2.46 bits per heavy atom. The number of rotatable bonds is 7. The zero-order valence-corrected chi connectivity index (χ0v) is 15.8. The van der Waals surface area contributed by atoms with Gasteiger partial charge in [0.05, 0.1) is 13.2 Å². The number of amides is 1. The molecular weight excluding hydrogens is 349 g/mol. The summed E-state index contributed by atoms with van der Waals surface area (Å²) in [5.74, 6) is -0.120. The van der Waals surface area contributed by atoms with E-state index in [1.165, 1.54) is 0 Å². The molecule has 24 heavy (non-hydrogen) atoms. The first-order valence-electron chi connectivity index (χ1n) is 8.03. The maximum atomic E-state index is 12.3. The van der Waals surface area contributed by atoms with Crippen molar-refractivity contribution in [1.82, 2.24) is 10.2 Å². The number of carbonyl (C=O) groups is 1. The van der Waals surface area contributed by atoms with Crippen LogP contribution >= 0.6 is 24.8 Å². The van der Waals surface area contributed by atoms with Crippen molar-refractivity contribution in [3.8, 4) is 0 Å². The number of hydrogen-bond donors (Lipinski definition) is 2. The van der Waals surface area contributed by atoms with E-state index in [0.29, 0.717) is 6.54 Å². The monoisotopic (exact) mass is 377 g/mol. The molecule has 2 rings (SSSR count). The molecule has 1 aromatic carbocycles. The van der Waals surface area contributed by atoms with Crippen LogP contribution < -0.4 is 11.1 Å². The summed E-state index contributed by atoms with van der Waals surface area (Å²) in [6, 6.07) is 9.49. The number of carbonyl (C=O) groups excluding carboxylic acids is 1. The molecule has 1 aromatic rings. The number of nitrogens with two attached hydrogens (primary N) is 1.